The van der Waals surface area contributed by atoms with Crippen molar-refractivity contribution in [2.75, 3.05) is 33.9 Å². The SMILES string of the molecule is CN=C(NCCc1ccc2c(c1)CCO2)NCC1(c2ccccc2OC)CC1. The maximum Gasteiger partial charge on any atom is 0.191 e. The van der Waals surface area contributed by atoms with Crippen molar-refractivity contribution in [3.05, 3.63) is 59.2 Å². The molecule has 2 aromatic carbocycles. The van der Waals surface area contributed by atoms with Gasteiger partial charge in [0.2, 0.25) is 0 Å². The van der Waals surface area contributed by atoms with Crippen LogP contribution in [-0.2, 0) is 18.3 Å². The number of nitrogens with zero attached hydrogens (tertiary/aromatic N) is 1. The Bertz CT molecular complexity index is 859. The van der Waals surface area contributed by atoms with Gasteiger partial charge >= 0.3 is 0 Å². The van der Waals surface area contributed by atoms with Crippen molar-refractivity contribution in [1.29, 1.82) is 0 Å². The second kappa shape index (κ2) is 8.13. The molecule has 1 aliphatic carbocycles. The summed E-state index contributed by atoms with van der Waals surface area (Å²) >= 11 is 0. The van der Waals surface area contributed by atoms with Gasteiger partial charge in [0.1, 0.15) is 11.5 Å². The number of para-hydroxylation sites is 1. The predicted octanol–water partition coefficient (Wildman–Crippen LogP) is 3.07. The lowest BCUT2D eigenvalue weighted by Crippen LogP contribution is -2.42. The van der Waals surface area contributed by atoms with E-state index >= 15 is 0 Å². The fourth-order valence-corrected chi connectivity index (χ4v) is 3.97. The van der Waals surface area contributed by atoms with Gasteiger partial charge < -0.3 is 20.1 Å². The maximum atomic E-state index is 5.58. The van der Waals surface area contributed by atoms with Crippen LogP contribution in [0.1, 0.15) is 29.5 Å². The quantitative estimate of drug-likeness (QED) is 0.573. The van der Waals surface area contributed by atoms with Crippen LogP contribution in [-0.4, -0.2) is 39.8 Å². The largest absolute Gasteiger partial charge is 0.496 e. The Morgan fingerprint density at radius 3 is 2.82 bits per heavy atom. The van der Waals surface area contributed by atoms with Gasteiger partial charge in [-0.25, -0.2) is 0 Å². The number of guanidine groups is 1. The minimum Gasteiger partial charge on any atom is -0.496 e. The Balaban J connectivity index is 1.29. The van der Waals surface area contributed by atoms with Gasteiger partial charge in [-0.2, -0.15) is 0 Å². The van der Waals surface area contributed by atoms with E-state index in [1.165, 1.54) is 29.5 Å². The van der Waals surface area contributed by atoms with Crippen LogP contribution in [0.15, 0.2) is 47.5 Å². The van der Waals surface area contributed by atoms with Crippen molar-refractivity contribution in [1.82, 2.24) is 10.6 Å². The molecule has 0 amide bonds. The van der Waals surface area contributed by atoms with Crippen molar-refractivity contribution in [3.63, 3.8) is 0 Å². The molecule has 2 aromatic rings. The van der Waals surface area contributed by atoms with Crippen molar-refractivity contribution in [2.45, 2.75) is 31.1 Å². The third kappa shape index (κ3) is 3.93. The Hall–Kier alpha value is -2.69. The molecule has 0 bridgehead atoms. The number of methoxy groups -OCH3 is 1. The molecule has 0 saturated heterocycles. The summed E-state index contributed by atoms with van der Waals surface area (Å²) in [6.45, 7) is 2.52. The third-order valence-corrected chi connectivity index (χ3v) is 5.81. The molecule has 0 aromatic heterocycles. The lowest BCUT2D eigenvalue weighted by Gasteiger charge is -2.21. The molecule has 5 nitrogen and oxygen atoms in total. The standard InChI is InChI=1S/C23H29N3O2/c1-24-22(25-13-9-17-7-8-20-18(15-17)10-14-28-20)26-16-23(11-12-23)19-5-3-4-6-21(19)27-2/h3-8,15H,9-14,16H2,1-2H3,(H2,24,25,26). The average molecular weight is 380 g/mol. The van der Waals surface area contributed by atoms with E-state index in [1.807, 2.05) is 19.2 Å². The van der Waals surface area contributed by atoms with Gasteiger partial charge in [0.15, 0.2) is 5.96 Å². The van der Waals surface area contributed by atoms with Crippen LogP contribution in [0.5, 0.6) is 11.5 Å². The predicted molar refractivity (Wildman–Crippen MR) is 113 cm³/mol. The lowest BCUT2D eigenvalue weighted by molar-refractivity contribution is 0.357. The van der Waals surface area contributed by atoms with Crippen molar-refractivity contribution >= 4 is 5.96 Å². The summed E-state index contributed by atoms with van der Waals surface area (Å²) in [5, 5.41) is 6.96. The van der Waals surface area contributed by atoms with Crippen molar-refractivity contribution in [3.8, 4) is 11.5 Å². The number of aliphatic imine (C=N–C) groups is 1. The molecule has 148 valence electrons. The van der Waals surface area contributed by atoms with E-state index in [1.54, 1.807) is 7.11 Å². The fourth-order valence-electron chi connectivity index (χ4n) is 3.97. The van der Waals surface area contributed by atoms with Crippen LogP contribution in [0.25, 0.3) is 0 Å². The Morgan fingerprint density at radius 2 is 2.04 bits per heavy atom. The highest BCUT2D eigenvalue weighted by molar-refractivity contribution is 5.79. The highest BCUT2D eigenvalue weighted by Crippen LogP contribution is 2.50. The van der Waals surface area contributed by atoms with E-state index in [9.17, 15) is 0 Å². The van der Waals surface area contributed by atoms with Gasteiger partial charge in [-0.15, -0.1) is 0 Å². The number of hydrogen-bond acceptors (Lipinski definition) is 3. The van der Waals surface area contributed by atoms with Gasteiger partial charge in [-0.3, -0.25) is 4.99 Å². The molecule has 2 aliphatic rings. The molecule has 0 radical (unpaired) electrons. The van der Waals surface area contributed by atoms with Crippen molar-refractivity contribution < 1.29 is 9.47 Å². The van der Waals surface area contributed by atoms with Crippen LogP contribution in [0.3, 0.4) is 0 Å². The number of ether oxygens (including phenoxy) is 2. The second-order valence-electron chi connectivity index (χ2n) is 7.62. The number of benzene rings is 2. The zero-order chi connectivity index (χ0) is 19.4. The summed E-state index contributed by atoms with van der Waals surface area (Å²) in [7, 11) is 3.57. The summed E-state index contributed by atoms with van der Waals surface area (Å²) in [6.07, 6.45) is 4.33. The van der Waals surface area contributed by atoms with Crippen LogP contribution in [0, 0.1) is 0 Å². The molecule has 1 heterocycles. The molecule has 5 heteroatoms. The topological polar surface area (TPSA) is 54.9 Å². The van der Waals surface area contributed by atoms with Crippen LogP contribution < -0.4 is 20.1 Å². The Morgan fingerprint density at radius 1 is 1.18 bits per heavy atom. The third-order valence-electron chi connectivity index (χ3n) is 5.81. The number of hydrogen-bond donors (Lipinski definition) is 2. The maximum absolute atomic E-state index is 5.58. The molecule has 0 spiro atoms. The average Bonchev–Trinajstić information content (AvgIpc) is 3.38. The molecule has 0 unspecified atom stereocenters. The Labute approximate surface area is 167 Å². The van der Waals surface area contributed by atoms with Gasteiger partial charge in [0.25, 0.3) is 0 Å². The molecule has 4 rings (SSSR count). The zero-order valence-electron chi connectivity index (χ0n) is 16.8. The summed E-state index contributed by atoms with van der Waals surface area (Å²) in [5.41, 5.74) is 4.11. The summed E-state index contributed by atoms with van der Waals surface area (Å²) in [5.74, 6) is 2.87. The van der Waals surface area contributed by atoms with E-state index in [4.69, 9.17) is 9.47 Å². The highest BCUT2D eigenvalue weighted by atomic mass is 16.5. The highest BCUT2D eigenvalue weighted by Gasteiger charge is 2.46. The monoisotopic (exact) mass is 379 g/mol. The van der Waals surface area contributed by atoms with Gasteiger partial charge in [0.05, 0.1) is 13.7 Å². The van der Waals surface area contributed by atoms with Crippen molar-refractivity contribution in [2.24, 2.45) is 4.99 Å². The fraction of sp³-hybridized carbons (Fsp3) is 0.435. The van der Waals surface area contributed by atoms with E-state index in [0.29, 0.717) is 0 Å². The van der Waals surface area contributed by atoms with Gasteiger partial charge in [-0.05, 0) is 42.5 Å². The molecular formula is C23H29N3O2. The number of fused-ring (bicyclic) bond motifs is 1. The van der Waals surface area contributed by atoms with E-state index in [2.05, 4.69) is 46.0 Å². The van der Waals surface area contributed by atoms with E-state index in [0.717, 1.165) is 50.0 Å². The smallest absolute Gasteiger partial charge is 0.191 e. The summed E-state index contributed by atoms with van der Waals surface area (Å²) in [6, 6.07) is 14.9. The first kappa shape index (κ1) is 18.7. The minimum atomic E-state index is 0.157. The minimum absolute atomic E-state index is 0.157. The van der Waals surface area contributed by atoms with E-state index < -0.39 is 0 Å². The molecule has 1 aliphatic heterocycles. The van der Waals surface area contributed by atoms with Gasteiger partial charge in [0, 0.05) is 37.5 Å². The molecular weight excluding hydrogens is 350 g/mol. The van der Waals surface area contributed by atoms with Crippen LogP contribution in [0.2, 0.25) is 0 Å². The normalized spacial score (nSPS) is 16.9. The van der Waals surface area contributed by atoms with Crippen LogP contribution in [0.4, 0.5) is 0 Å². The Kier molecular flexibility index (Phi) is 5.42. The first-order valence-electron chi connectivity index (χ1n) is 10.1. The molecule has 0 atom stereocenters. The van der Waals surface area contributed by atoms with Gasteiger partial charge in [-0.1, -0.05) is 30.3 Å². The molecule has 2 N–H and O–H groups in total. The molecule has 1 saturated carbocycles. The zero-order valence-corrected chi connectivity index (χ0v) is 16.8. The molecule has 28 heavy (non-hydrogen) atoms. The second-order valence-corrected chi connectivity index (χ2v) is 7.62. The number of nitrogens with one attached hydrogen (secondary N) is 2. The lowest BCUT2D eigenvalue weighted by atomic mass is 9.95. The first-order chi connectivity index (χ1) is 13.7. The number of rotatable bonds is 7. The first-order valence-corrected chi connectivity index (χ1v) is 10.1. The summed E-state index contributed by atoms with van der Waals surface area (Å²) in [4.78, 5) is 4.39. The summed E-state index contributed by atoms with van der Waals surface area (Å²) < 4.78 is 11.2. The van der Waals surface area contributed by atoms with Crippen LogP contribution >= 0.6 is 0 Å². The molecule has 1 fully saturated rings. The van der Waals surface area contributed by atoms with E-state index in [-0.39, 0.29) is 5.41 Å².